The molecule has 7 nitrogen and oxygen atoms in total. The van der Waals surface area contributed by atoms with E-state index < -0.39 is 0 Å². The number of aryl methyl sites for hydroxylation is 1. The average Bonchev–Trinajstić information content (AvgIpc) is 3.32. The Bertz CT molecular complexity index is 839. The summed E-state index contributed by atoms with van der Waals surface area (Å²) < 4.78 is 5.02. The molecule has 2 aromatic rings. The van der Waals surface area contributed by atoms with Crippen molar-refractivity contribution in [2.24, 2.45) is 0 Å². The SMILES string of the molecule is CCOC(=O)c1sc(NC(=O)CN2CCN(C(=O)c3cccs3)CC2)cc1C. The fraction of sp³-hybridized carbons (Fsp3) is 0.421. The van der Waals surface area contributed by atoms with Crippen molar-refractivity contribution in [1.82, 2.24) is 9.80 Å². The number of nitrogens with zero attached hydrogens (tertiary/aromatic N) is 2. The zero-order valence-electron chi connectivity index (χ0n) is 15.9. The van der Waals surface area contributed by atoms with Crippen molar-refractivity contribution in [2.45, 2.75) is 13.8 Å². The van der Waals surface area contributed by atoms with Crippen LogP contribution < -0.4 is 5.32 Å². The van der Waals surface area contributed by atoms with E-state index in [1.807, 2.05) is 34.2 Å². The van der Waals surface area contributed by atoms with Gasteiger partial charge in [-0.2, -0.15) is 0 Å². The molecule has 150 valence electrons. The molecule has 2 amide bonds. The summed E-state index contributed by atoms with van der Waals surface area (Å²) in [7, 11) is 0. The standard InChI is InChI=1S/C19H23N3O4S2/c1-3-26-19(25)17-13(2)11-16(28-17)20-15(23)12-21-6-8-22(9-7-21)18(24)14-5-4-10-27-14/h4-5,10-11H,3,6-9,12H2,1-2H3,(H,20,23). The van der Waals surface area contributed by atoms with Gasteiger partial charge in [0, 0.05) is 26.2 Å². The zero-order valence-corrected chi connectivity index (χ0v) is 17.5. The highest BCUT2D eigenvalue weighted by Crippen LogP contribution is 2.27. The summed E-state index contributed by atoms with van der Waals surface area (Å²) in [6.45, 7) is 6.68. The molecule has 0 atom stereocenters. The molecule has 2 aromatic heterocycles. The predicted molar refractivity (Wildman–Crippen MR) is 110 cm³/mol. The van der Waals surface area contributed by atoms with Gasteiger partial charge in [0.15, 0.2) is 0 Å². The molecule has 1 saturated heterocycles. The maximum absolute atomic E-state index is 12.4. The smallest absolute Gasteiger partial charge is 0.348 e. The quantitative estimate of drug-likeness (QED) is 0.726. The Kier molecular flexibility index (Phi) is 6.82. The molecule has 0 saturated carbocycles. The first kappa shape index (κ1) is 20.5. The Labute approximate surface area is 171 Å². The van der Waals surface area contributed by atoms with Crippen LogP contribution >= 0.6 is 22.7 Å². The van der Waals surface area contributed by atoms with E-state index in [2.05, 4.69) is 5.32 Å². The van der Waals surface area contributed by atoms with Crippen molar-refractivity contribution in [3.63, 3.8) is 0 Å². The normalized spacial score (nSPS) is 14.7. The Morgan fingerprint density at radius 1 is 1.21 bits per heavy atom. The highest BCUT2D eigenvalue weighted by atomic mass is 32.1. The molecule has 1 N–H and O–H groups in total. The zero-order chi connectivity index (χ0) is 20.1. The van der Waals surface area contributed by atoms with E-state index >= 15 is 0 Å². The van der Waals surface area contributed by atoms with Gasteiger partial charge in [0.1, 0.15) is 4.88 Å². The third kappa shape index (κ3) is 4.98. The lowest BCUT2D eigenvalue weighted by Crippen LogP contribution is -2.50. The Morgan fingerprint density at radius 2 is 1.96 bits per heavy atom. The summed E-state index contributed by atoms with van der Waals surface area (Å²) in [6.07, 6.45) is 0. The van der Waals surface area contributed by atoms with Gasteiger partial charge in [-0.15, -0.1) is 22.7 Å². The van der Waals surface area contributed by atoms with E-state index in [9.17, 15) is 14.4 Å². The fourth-order valence-corrected chi connectivity index (χ4v) is 4.66. The second kappa shape index (κ2) is 9.31. The van der Waals surface area contributed by atoms with Crippen molar-refractivity contribution < 1.29 is 19.1 Å². The Balaban J connectivity index is 1.48. The third-order valence-electron chi connectivity index (χ3n) is 4.40. The maximum Gasteiger partial charge on any atom is 0.348 e. The van der Waals surface area contributed by atoms with Gasteiger partial charge in [0.05, 0.1) is 23.0 Å². The van der Waals surface area contributed by atoms with Crippen LogP contribution in [0.4, 0.5) is 5.00 Å². The van der Waals surface area contributed by atoms with Crippen LogP contribution in [0, 0.1) is 6.92 Å². The minimum Gasteiger partial charge on any atom is -0.462 e. The van der Waals surface area contributed by atoms with Crippen molar-refractivity contribution in [1.29, 1.82) is 0 Å². The van der Waals surface area contributed by atoms with Crippen LogP contribution in [-0.2, 0) is 9.53 Å². The van der Waals surface area contributed by atoms with Gasteiger partial charge in [-0.3, -0.25) is 14.5 Å². The highest BCUT2D eigenvalue weighted by molar-refractivity contribution is 7.18. The van der Waals surface area contributed by atoms with Gasteiger partial charge in [0.2, 0.25) is 5.91 Å². The number of carbonyl (C=O) groups excluding carboxylic acids is 3. The molecule has 1 aliphatic heterocycles. The molecular weight excluding hydrogens is 398 g/mol. The topological polar surface area (TPSA) is 79.0 Å². The third-order valence-corrected chi connectivity index (χ3v) is 6.39. The van der Waals surface area contributed by atoms with Gasteiger partial charge in [-0.05, 0) is 36.9 Å². The lowest BCUT2D eigenvalue weighted by atomic mass is 10.3. The van der Waals surface area contributed by atoms with E-state index in [0.29, 0.717) is 42.7 Å². The number of nitrogens with one attached hydrogen (secondary N) is 1. The number of thiophene rings is 2. The number of carbonyl (C=O) groups is 3. The molecule has 3 rings (SSSR count). The number of piperazine rings is 1. The van der Waals surface area contributed by atoms with Crippen LogP contribution in [0.25, 0.3) is 0 Å². The van der Waals surface area contributed by atoms with E-state index in [-0.39, 0.29) is 24.3 Å². The first-order chi connectivity index (χ1) is 13.5. The summed E-state index contributed by atoms with van der Waals surface area (Å²) >= 11 is 2.67. The monoisotopic (exact) mass is 421 g/mol. The number of hydrogen-bond donors (Lipinski definition) is 1. The summed E-state index contributed by atoms with van der Waals surface area (Å²) in [5.41, 5.74) is 0.791. The molecule has 0 radical (unpaired) electrons. The number of hydrogen-bond acceptors (Lipinski definition) is 7. The van der Waals surface area contributed by atoms with Gasteiger partial charge >= 0.3 is 5.97 Å². The van der Waals surface area contributed by atoms with Gasteiger partial charge in [-0.25, -0.2) is 4.79 Å². The van der Waals surface area contributed by atoms with Gasteiger partial charge in [0.25, 0.3) is 5.91 Å². The molecule has 0 spiro atoms. The lowest BCUT2D eigenvalue weighted by molar-refractivity contribution is -0.117. The van der Waals surface area contributed by atoms with E-state index in [1.54, 1.807) is 13.0 Å². The number of esters is 1. The van der Waals surface area contributed by atoms with Gasteiger partial charge in [-0.1, -0.05) is 6.07 Å². The number of amides is 2. The molecule has 1 aliphatic rings. The number of rotatable bonds is 6. The van der Waals surface area contributed by atoms with Crippen LogP contribution in [0.2, 0.25) is 0 Å². The second-order valence-electron chi connectivity index (χ2n) is 6.44. The van der Waals surface area contributed by atoms with Crippen molar-refractivity contribution in [3.8, 4) is 0 Å². The second-order valence-corrected chi connectivity index (χ2v) is 8.44. The minimum atomic E-state index is -0.364. The molecule has 1 fully saturated rings. The Morgan fingerprint density at radius 3 is 2.61 bits per heavy atom. The maximum atomic E-state index is 12.4. The molecule has 0 bridgehead atoms. The van der Waals surface area contributed by atoms with Crippen molar-refractivity contribution >= 4 is 45.5 Å². The largest absolute Gasteiger partial charge is 0.462 e. The summed E-state index contributed by atoms with van der Waals surface area (Å²) in [5.74, 6) is -0.439. The molecule has 0 unspecified atom stereocenters. The summed E-state index contributed by atoms with van der Waals surface area (Å²) in [4.78, 5) is 41.7. The molecular formula is C19H23N3O4S2. The molecule has 9 heteroatoms. The van der Waals surface area contributed by atoms with Crippen molar-refractivity contribution in [3.05, 3.63) is 38.9 Å². The van der Waals surface area contributed by atoms with E-state index in [1.165, 1.54) is 22.7 Å². The fourth-order valence-electron chi connectivity index (χ4n) is 2.99. The van der Waals surface area contributed by atoms with Crippen LogP contribution in [0.5, 0.6) is 0 Å². The van der Waals surface area contributed by atoms with Crippen LogP contribution in [-0.4, -0.2) is 66.9 Å². The first-order valence-corrected chi connectivity index (χ1v) is 10.8. The molecule has 3 heterocycles. The van der Waals surface area contributed by atoms with Gasteiger partial charge < -0.3 is 15.0 Å². The molecule has 0 aliphatic carbocycles. The molecule has 0 aromatic carbocycles. The highest BCUT2D eigenvalue weighted by Gasteiger charge is 2.24. The minimum absolute atomic E-state index is 0.0552. The van der Waals surface area contributed by atoms with Crippen LogP contribution in [0.3, 0.4) is 0 Å². The number of anilines is 1. The van der Waals surface area contributed by atoms with E-state index in [0.717, 1.165) is 10.4 Å². The Hall–Kier alpha value is -2.23. The van der Waals surface area contributed by atoms with Crippen LogP contribution in [0.15, 0.2) is 23.6 Å². The first-order valence-electron chi connectivity index (χ1n) is 9.10. The number of ether oxygens (including phenoxy) is 1. The average molecular weight is 422 g/mol. The van der Waals surface area contributed by atoms with E-state index in [4.69, 9.17) is 4.74 Å². The van der Waals surface area contributed by atoms with Crippen molar-refractivity contribution in [2.75, 3.05) is 44.6 Å². The molecule has 28 heavy (non-hydrogen) atoms. The predicted octanol–water partition coefficient (Wildman–Crippen LogP) is 2.69. The van der Waals surface area contributed by atoms with Crippen LogP contribution in [0.1, 0.15) is 31.8 Å². The summed E-state index contributed by atoms with van der Waals surface area (Å²) in [5, 5.41) is 5.39. The lowest BCUT2D eigenvalue weighted by Gasteiger charge is -2.34. The summed E-state index contributed by atoms with van der Waals surface area (Å²) in [6, 6.07) is 5.49.